The van der Waals surface area contributed by atoms with E-state index in [0.717, 1.165) is 61.8 Å². The summed E-state index contributed by atoms with van der Waals surface area (Å²) in [6.45, 7) is 6.13. The number of benzene rings is 1. The van der Waals surface area contributed by atoms with Gasteiger partial charge in [0.1, 0.15) is 5.82 Å². The molecule has 0 saturated heterocycles. The average Bonchev–Trinajstić information content (AvgIpc) is 2.72. The number of para-hydroxylation sites is 1. The monoisotopic (exact) mass is 382 g/mol. The fourth-order valence-electron chi connectivity index (χ4n) is 4.21. The van der Waals surface area contributed by atoms with Crippen molar-refractivity contribution in [1.82, 2.24) is 4.98 Å². The number of carbonyl (C=O) groups excluding carboxylic acids is 2. The molecule has 0 unspecified atom stereocenters. The number of aldehydes is 1. The van der Waals surface area contributed by atoms with Gasteiger partial charge in [0, 0.05) is 24.9 Å². The Kier molecular flexibility index (Phi) is 7.01. The van der Waals surface area contributed by atoms with Crippen molar-refractivity contribution in [2.24, 2.45) is 11.8 Å². The largest absolute Gasteiger partial charge is 0.466 e. The van der Waals surface area contributed by atoms with E-state index in [-0.39, 0.29) is 5.97 Å². The molecule has 1 aliphatic carbocycles. The van der Waals surface area contributed by atoms with Crippen molar-refractivity contribution in [3.63, 3.8) is 0 Å². The first-order valence-electron chi connectivity index (χ1n) is 10.4. The average molecular weight is 383 g/mol. The second-order valence-corrected chi connectivity index (χ2v) is 7.65. The van der Waals surface area contributed by atoms with Crippen LogP contribution >= 0.6 is 0 Å². The number of rotatable bonds is 8. The summed E-state index contributed by atoms with van der Waals surface area (Å²) in [5, 5.41) is 0.990. The predicted octanol–water partition coefficient (Wildman–Crippen LogP) is 4.63. The van der Waals surface area contributed by atoms with Crippen LogP contribution in [0.25, 0.3) is 10.9 Å². The fraction of sp³-hybridized carbons (Fsp3) is 0.522. The van der Waals surface area contributed by atoms with Gasteiger partial charge in [-0.05, 0) is 63.5 Å². The molecule has 1 aromatic heterocycles. The SMILES string of the molecule is CCOC(=O)CC1CCC(CN(CC)c2nc3ccccc3cc2C=O)CC1. The number of hydrogen-bond acceptors (Lipinski definition) is 5. The molecule has 0 amide bonds. The van der Waals surface area contributed by atoms with Crippen LogP contribution < -0.4 is 4.90 Å². The number of aromatic nitrogens is 1. The lowest BCUT2D eigenvalue weighted by molar-refractivity contribution is -0.144. The summed E-state index contributed by atoms with van der Waals surface area (Å²) in [6.07, 6.45) is 5.78. The van der Waals surface area contributed by atoms with Gasteiger partial charge in [0.15, 0.2) is 6.29 Å². The maximum absolute atomic E-state index is 11.7. The Morgan fingerprint density at radius 2 is 1.89 bits per heavy atom. The maximum atomic E-state index is 11.7. The molecule has 1 aliphatic rings. The first-order valence-corrected chi connectivity index (χ1v) is 10.4. The van der Waals surface area contributed by atoms with Crippen molar-refractivity contribution in [3.05, 3.63) is 35.9 Å². The van der Waals surface area contributed by atoms with Crippen molar-refractivity contribution >= 4 is 29.0 Å². The van der Waals surface area contributed by atoms with Crippen LogP contribution in [0.15, 0.2) is 30.3 Å². The topological polar surface area (TPSA) is 59.5 Å². The van der Waals surface area contributed by atoms with Gasteiger partial charge < -0.3 is 9.64 Å². The van der Waals surface area contributed by atoms with Gasteiger partial charge >= 0.3 is 5.97 Å². The van der Waals surface area contributed by atoms with Crippen molar-refractivity contribution < 1.29 is 14.3 Å². The Morgan fingerprint density at radius 1 is 1.18 bits per heavy atom. The number of hydrogen-bond donors (Lipinski definition) is 0. The normalized spacial score (nSPS) is 19.4. The van der Waals surface area contributed by atoms with E-state index in [1.165, 1.54) is 0 Å². The summed E-state index contributed by atoms with van der Waals surface area (Å²) >= 11 is 0. The van der Waals surface area contributed by atoms with E-state index in [1.54, 1.807) is 0 Å². The van der Waals surface area contributed by atoms with E-state index in [9.17, 15) is 9.59 Å². The molecule has 0 radical (unpaired) electrons. The molecule has 0 aliphatic heterocycles. The van der Waals surface area contributed by atoms with Gasteiger partial charge in [-0.3, -0.25) is 9.59 Å². The Morgan fingerprint density at radius 3 is 2.57 bits per heavy atom. The summed E-state index contributed by atoms with van der Waals surface area (Å²) in [4.78, 5) is 30.4. The minimum Gasteiger partial charge on any atom is -0.466 e. The minimum absolute atomic E-state index is 0.0721. The summed E-state index contributed by atoms with van der Waals surface area (Å²) in [5.74, 6) is 1.71. The van der Waals surface area contributed by atoms with E-state index in [4.69, 9.17) is 9.72 Å². The van der Waals surface area contributed by atoms with Crippen LogP contribution in [0.3, 0.4) is 0 Å². The zero-order chi connectivity index (χ0) is 19.9. The van der Waals surface area contributed by atoms with Crippen LogP contribution in [-0.2, 0) is 9.53 Å². The minimum atomic E-state index is -0.0721. The molecule has 0 N–H and O–H groups in total. The van der Waals surface area contributed by atoms with Gasteiger partial charge in [0.05, 0.1) is 17.7 Å². The fourth-order valence-corrected chi connectivity index (χ4v) is 4.21. The van der Waals surface area contributed by atoms with E-state index < -0.39 is 0 Å². The van der Waals surface area contributed by atoms with Crippen molar-refractivity contribution in [3.8, 4) is 0 Å². The standard InChI is InChI=1S/C23H30N2O3/c1-3-25(15-18-11-9-17(10-12-18)13-22(27)28-4-2)23-20(16-26)14-19-7-5-6-8-21(19)24-23/h5-8,14,16-18H,3-4,9-13,15H2,1-2H3. The molecule has 28 heavy (non-hydrogen) atoms. The van der Waals surface area contributed by atoms with E-state index in [1.807, 2.05) is 37.3 Å². The first-order chi connectivity index (χ1) is 13.6. The van der Waals surface area contributed by atoms with Crippen LogP contribution in [0, 0.1) is 11.8 Å². The molecule has 0 bridgehead atoms. The van der Waals surface area contributed by atoms with Gasteiger partial charge in [-0.15, -0.1) is 0 Å². The van der Waals surface area contributed by atoms with Gasteiger partial charge in [0.25, 0.3) is 0 Å². The number of nitrogens with zero attached hydrogens (tertiary/aromatic N) is 2. The maximum Gasteiger partial charge on any atom is 0.306 e. The van der Waals surface area contributed by atoms with Crippen molar-refractivity contribution in [2.75, 3.05) is 24.6 Å². The van der Waals surface area contributed by atoms with Crippen molar-refractivity contribution in [1.29, 1.82) is 0 Å². The van der Waals surface area contributed by atoms with Crippen LogP contribution in [-0.4, -0.2) is 36.9 Å². The van der Waals surface area contributed by atoms with E-state index in [0.29, 0.717) is 30.4 Å². The summed E-state index contributed by atoms with van der Waals surface area (Å²) in [5.41, 5.74) is 1.57. The Bertz CT molecular complexity index is 813. The van der Waals surface area contributed by atoms with Crippen LogP contribution in [0.2, 0.25) is 0 Å². The molecule has 150 valence electrons. The highest BCUT2D eigenvalue weighted by Crippen LogP contribution is 2.33. The molecule has 5 heteroatoms. The molecule has 1 aromatic carbocycles. The number of pyridine rings is 1. The van der Waals surface area contributed by atoms with Gasteiger partial charge in [-0.25, -0.2) is 4.98 Å². The van der Waals surface area contributed by atoms with Gasteiger partial charge in [-0.1, -0.05) is 18.2 Å². The number of anilines is 1. The van der Waals surface area contributed by atoms with Gasteiger partial charge in [0.2, 0.25) is 0 Å². The molecule has 0 atom stereocenters. The van der Waals surface area contributed by atoms with Crippen molar-refractivity contribution in [2.45, 2.75) is 46.0 Å². The Hall–Kier alpha value is -2.43. The third-order valence-corrected chi connectivity index (χ3v) is 5.75. The number of ether oxygens (including phenoxy) is 1. The highest BCUT2D eigenvalue weighted by molar-refractivity contribution is 5.91. The Labute approximate surface area is 167 Å². The number of fused-ring (bicyclic) bond motifs is 1. The molecular weight excluding hydrogens is 352 g/mol. The van der Waals surface area contributed by atoms with Crippen LogP contribution in [0.5, 0.6) is 0 Å². The molecular formula is C23H30N2O3. The molecule has 1 fully saturated rings. The second kappa shape index (κ2) is 9.67. The lowest BCUT2D eigenvalue weighted by Crippen LogP contribution is -2.33. The van der Waals surface area contributed by atoms with Gasteiger partial charge in [-0.2, -0.15) is 0 Å². The first kappa shape index (κ1) is 20.3. The smallest absolute Gasteiger partial charge is 0.306 e. The lowest BCUT2D eigenvalue weighted by atomic mass is 9.80. The third-order valence-electron chi connectivity index (χ3n) is 5.75. The molecule has 2 aromatic rings. The highest BCUT2D eigenvalue weighted by Gasteiger charge is 2.25. The molecule has 1 heterocycles. The van der Waals surface area contributed by atoms with Crippen LogP contribution in [0.1, 0.15) is 56.3 Å². The quantitative estimate of drug-likeness (QED) is 0.492. The van der Waals surface area contributed by atoms with E-state index >= 15 is 0 Å². The lowest BCUT2D eigenvalue weighted by Gasteiger charge is -2.33. The summed E-state index contributed by atoms with van der Waals surface area (Å²) in [6, 6.07) is 9.84. The molecule has 3 rings (SSSR count). The molecule has 1 saturated carbocycles. The zero-order valence-electron chi connectivity index (χ0n) is 16.9. The van der Waals surface area contributed by atoms with E-state index in [2.05, 4.69) is 11.8 Å². The second-order valence-electron chi connectivity index (χ2n) is 7.65. The zero-order valence-corrected chi connectivity index (χ0v) is 16.9. The Balaban J connectivity index is 1.66. The van der Waals surface area contributed by atoms with Crippen LogP contribution in [0.4, 0.5) is 5.82 Å². The number of carbonyl (C=O) groups is 2. The number of esters is 1. The molecule has 5 nitrogen and oxygen atoms in total. The molecule has 0 spiro atoms. The summed E-state index contributed by atoms with van der Waals surface area (Å²) in [7, 11) is 0. The summed E-state index contributed by atoms with van der Waals surface area (Å²) < 4.78 is 5.08. The third kappa shape index (κ3) is 4.89. The highest BCUT2D eigenvalue weighted by atomic mass is 16.5. The predicted molar refractivity (Wildman–Crippen MR) is 112 cm³/mol.